The van der Waals surface area contributed by atoms with Crippen LogP contribution in [0.3, 0.4) is 0 Å². The van der Waals surface area contributed by atoms with Gasteiger partial charge in [-0.15, -0.1) is 0 Å². The van der Waals surface area contributed by atoms with E-state index in [0.717, 1.165) is 12.8 Å². The van der Waals surface area contributed by atoms with Gasteiger partial charge < -0.3 is 5.73 Å². The zero-order valence-electron chi connectivity index (χ0n) is 9.96. The number of sulfone groups is 1. The van der Waals surface area contributed by atoms with Crippen molar-refractivity contribution in [2.24, 2.45) is 5.73 Å². The quantitative estimate of drug-likeness (QED) is 0.748. The summed E-state index contributed by atoms with van der Waals surface area (Å²) in [4.78, 5) is 2.44. The van der Waals surface area contributed by atoms with Gasteiger partial charge in [0.15, 0.2) is 9.84 Å². The van der Waals surface area contributed by atoms with Gasteiger partial charge in [0.05, 0.1) is 5.75 Å². The maximum Gasteiger partial charge on any atom is 0.173 e. The van der Waals surface area contributed by atoms with Crippen molar-refractivity contribution < 1.29 is 8.42 Å². The molecule has 96 valence electrons. The van der Waals surface area contributed by atoms with Crippen LogP contribution in [0.5, 0.6) is 0 Å². The van der Waals surface area contributed by atoms with Crippen LogP contribution in [0.25, 0.3) is 0 Å². The van der Waals surface area contributed by atoms with Gasteiger partial charge in [-0.25, -0.2) is 8.42 Å². The molecule has 2 N–H and O–H groups in total. The second-order valence-electron chi connectivity index (χ2n) is 5.64. The first-order chi connectivity index (χ1) is 8.05. The molecule has 3 rings (SSSR count). The Morgan fingerprint density at radius 3 is 2.35 bits per heavy atom. The monoisotopic (exact) mass is 256 g/mol. The normalized spacial score (nSPS) is 45.0. The summed E-state index contributed by atoms with van der Waals surface area (Å²) >= 11 is 0. The van der Waals surface area contributed by atoms with Gasteiger partial charge in [0.1, 0.15) is 0 Å². The maximum atomic E-state index is 11.5. The Bertz CT molecular complexity index is 418. The third-order valence-corrected chi connectivity index (χ3v) is 5.74. The van der Waals surface area contributed by atoms with Gasteiger partial charge in [0.2, 0.25) is 0 Å². The number of piperidine rings is 2. The molecule has 2 fully saturated rings. The van der Waals surface area contributed by atoms with Crippen molar-refractivity contribution in [1.29, 1.82) is 0 Å². The summed E-state index contributed by atoms with van der Waals surface area (Å²) in [7, 11) is -2.94. The molecule has 5 heteroatoms. The molecule has 3 unspecified atom stereocenters. The fraction of sp³-hybridized carbons (Fsp3) is 0.833. The first-order valence-electron chi connectivity index (χ1n) is 6.49. The van der Waals surface area contributed by atoms with Crippen molar-refractivity contribution in [3.8, 4) is 0 Å². The molecule has 2 bridgehead atoms. The Kier molecular flexibility index (Phi) is 2.80. The summed E-state index contributed by atoms with van der Waals surface area (Å²) in [5, 5.41) is 1.39. The first kappa shape index (κ1) is 11.7. The zero-order valence-corrected chi connectivity index (χ0v) is 10.8. The minimum absolute atomic E-state index is 0.0998. The summed E-state index contributed by atoms with van der Waals surface area (Å²) < 4.78 is 23.1. The first-order valence-corrected chi connectivity index (χ1v) is 8.21. The third kappa shape index (κ3) is 2.16. The van der Waals surface area contributed by atoms with E-state index in [9.17, 15) is 8.42 Å². The third-order valence-electron chi connectivity index (χ3n) is 4.36. The number of hydrogen-bond donors (Lipinski definition) is 1. The molecule has 0 aromatic carbocycles. The van der Waals surface area contributed by atoms with E-state index in [4.69, 9.17) is 5.73 Å². The molecular weight excluding hydrogens is 236 g/mol. The van der Waals surface area contributed by atoms with Gasteiger partial charge in [0.25, 0.3) is 0 Å². The Balaban J connectivity index is 1.81. The summed E-state index contributed by atoms with van der Waals surface area (Å²) in [6, 6.07) is 1.41. The van der Waals surface area contributed by atoms with Gasteiger partial charge >= 0.3 is 0 Å². The minimum Gasteiger partial charge on any atom is -0.328 e. The predicted octanol–water partition coefficient (Wildman–Crippen LogP) is 0.641. The highest BCUT2D eigenvalue weighted by atomic mass is 32.2. The van der Waals surface area contributed by atoms with Crippen molar-refractivity contribution in [1.82, 2.24) is 4.90 Å². The molecule has 3 aliphatic rings. The van der Waals surface area contributed by atoms with Crippen LogP contribution in [0.15, 0.2) is 11.5 Å². The smallest absolute Gasteiger partial charge is 0.173 e. The molecule has 3 aliphatic heterocycles. The molecule has 17 heavy (non-hydrogen) atoms. The lowest BCUT2D eigenvalue weighted by Gasteiger charge is -2.50. The van der Waals surface area contributed by atoms with Crippen molar-refractivity contribution in [2.75, 3.05) is 5.75 Å². The molecule has 3 atom stereocenters. The summed E-state index contributed by atoms with van der Waals surface area (Å²) in [6.45, 7) is 0. The molecule has 0 amide bonds. The average Bonchev–Trinajstić information content (AvgIpc) is 2.57. The highest BCUT2D eigenvalue weighted by Gasteiger charge is 2.42. The van der Waals surface area contributed by atoms with E-state index in [1.54, 1.807) is 0 Å². The van der Waals surface area contributed by atoms with E-state index in [1.165, 1.54) is 24.7 Å². The highest BCUT2D eigenvalue weighted by Crippen LogP contribution is 2.36. The molecule has 0 aliphatic carbocycles. The van der Waals surface area contributed by atoms with Crippen LogP contribution in [0.4, 0.5) is 0 Å². The Morgan fingerprint density at radius 1 is 1.18 bits per heavy atom. The molecule has 0 aromatic rings. The van der Waals surface area contributed by atoms with Crippen molar-refractivity contribution in [3.63, 3.8) is 0 Å². The van der Waals surface area contributed by atoms with Crippen LogP contribution >= 0.6 is 0 Å². The molecule has 2 saturated heterocycles. The second-order valence-corrected chi connectivity index (χ2v) is 7.57. The Labute approximate surface area is 103 Å². The molecule has 4 nitrogen and oxygen atoms in total. The molecule has 0 aromatic heterocycles. The lowest BCUT2D eigenvalue weighted by molar-refractivity contribution is 0.0163. The topological polar surface area (TPSA) is 63.4 Å². The van der Waals surface area contributed by atoms with Crippen LogP contribution < -0.4 is 5.73 Å². The number of rotatable bonds is 1. The average molecular weight is 256 g/mol. The summed E-state index contributed by atoms with van der Waals surface area (Å²) in [5.41, 5.74) is 6.08. The van der Waals surface area contributed by atoms with E-state index in [-0.39, 0.29) is 11.8 Å². The molecule has 0 saturated carbocycles. The van der Waals surface area contributed by atoms with Crippen molar-refractivity contribution in [2.45, 2.75) is 56.3 Å². The molecule has 3 heterocycles. The predicted molar refractivity (Wildman–Crippen MR) is 67.2 cm³/mol. The van der Waals surface area contributed by atoms with E-state index < -0.39 is 9.84 Å². The lowest BCUT2D eigenvalue weighted by Crippen LogP contribution is -2.59. The Hall–Kier alpha value is -0.390. The number of hydrogen-bond acceptors (Lipinski definition) is 4. The lowest BCUT2D eigenvalue weighted by atomic mass is 9.81. The van der Waals surface area contributed by atoms with Gasteiger partial charge in [-0.1, -0.05) is 12.5 Å². The maximum absolute atomic E-state index is 11.5. The van der Waals surface area contributed by atoms with Gasteiger partial charge in [-0.2, -0.15) is 0 Å². The molecular formula is C12H20N2O2S. The molecule has 0 spiro atoms. The number of nitrogens with two attached hydrogens (primary N) is 1. The highest BCUT2D eigenvalue weighted by molar-refractivity contribution is 7.94. The fourth-order valence-electron chi connectivity index (χ4n) is 3.75. The van der Waals surface area contributed by atoms with E-state index in [1.807, 2.05) is 6.08 Å². The minimum atomic E-state index is -2.94. The van der Waals surface area contributed by atoms with E-state index in [2.05, 4.69) is 4.90 Å². The van der Waals surface area contributed by atoms with Gasteiger partial charge in [-0.05, 0) is 25.7 Å². The van der Waals surface area contributed by atoms with Crippen LogP contribution in [0, 0.1) is 0 Å². The fourth-order valence-corrected chi connectivity index (χ4v) is 5.04. The largest absolute Gasteiger partial charge is 0.328 e. The van der Waals surface area contributed by atoms with Crippen molar-refractivity contribution in [3.05, 3.63) is 11.5 Å². The number of nitrogens with zero attached hydrogens (tertiary/aromatic N) is 1. The van der Waals surface area contributed by atoms with Crippen LogP contribution in [-0.2, 0) is 9.84 Å². The van der Waals surface area contributed by atoms with Crippen LogP contribution in [0.1, 0.15) is 32.1 Å². The standard InChI is InChI=1S/C12H20N2O2S/c13-9-6-10-2-1-3-11(7-9)14(10)12-4-5-17(15,16)8-12/h4-5,9-12H,1-3,6-8,13H2. The van der Waals surface area contributed by atoms with Gasteiger partial charge in [-0.3, -0.25) is 4.90 Å². The summed E-state index contributed by atoms with van der Waals surface area (Å²) in [6.07, 6.45) is 7.55. The zero-order chi connectivity index (χ0) is 12.0. The number of fused-ring (bicyclic) bond motifs is 2. The van der Waals surface area contributed by atoms with Crippen LogP contribution in [0.2, 0.25) is 0 Å². The SMILES string of the molecule is NC1CC2CCCC(C1)N2C1C=CS(=O)(=O)C1. The van der Waals surface area contributed by atoms with Crippen LogP contribution in [-0.4, -0.2) is 43.2 Å². The summed E-state index contributed by atoms with van der Waals surface area (Å²) in [5.74, 6) is 0.273. The van der Waals surface area contributed by atoms with E-state index >= 15 is 0 Å². The Morgan fingerprint density at radius 2 is 1.82 bits per heavy atom. The van der Waals surface area contributed by atoms with E-state index in [0.29, 0.717) is 18.1 Å². The second kappa shape index (κ2) is 4.07. The van der Waals surface area contributed by atoms with Gasteiger partial charge in [0, 0.05) is 29.6 Å². The molecule has 0 radical (unpaired) electrons. The van der Waals surface area contributed by atoms with Crippen molar-refractivity contribution >= 4 is 9.84 Å².